The molecule has 8 heteroatoms. The number of ether oxygens (including phenoxy) is 2. The molecule has 1 aromatic carbocycles. The van der Waals surface area contributed by atoms with E-state index in [-0.39, 0.29) is 30.0 Å². The predicted molar refractivity (Wildman–Crippen MR) is 104 cm³/mol. The Kier molecular flexibility index (Phi) is 6.03. The van der Waals surface area contributed by atoms with E-state index < -0.39 is 17.9 Å². The molecule has 0 unspecified atom stereocenters. The molecule has 0 amide bonds. The Bertz CT molecular complexity index is 770. The Hall–Kier alpha value is -1.96. The van der Waals surface area contributed by atoms with E-state index in [4.69, 9.17) is 0 Å². The smallest absolute Gasteiger partial charge is 0.459 e. The highest BCUT2D eigenvalue weighted by Crippen LogP contribution is 2.38. The van der Waals surface area contributed by atoms with Gasteiger partial charge in [0.05, 0.1) is 12.3 Å². The molecule has 1 N–H and O–H groups in total. The van der Waals surface area contributed by atoms with Gasteiger partial charge in [-0.1, -0.05) is 12.8 Å². The molecule has 2 atom stereocenters. The van der Waals surface area contributed by atoms with E-state index in [1.807, 2.05) is 0 Å². The second-order valence-corrected chi connectivity index (χ2v) is 8.52. The molecule has 1 aliphatic carbocycles. The molecule has 1 aromatic rings. The van der Waals surface area contributed by atoms with Crippen molar-refractivity contribution in [3.05, 3.63) is 23.5 Å². The zero-order valence-corrected chi connectivity index (χ0v) is 17.4. The van der Waals surface area contributed by atoms with Gasteiger partial charge in [-0.05, 0) is 52.2 Å². The SMILES string of the molecule is CCOC(=O)C(F)(F)Oc1cc(F)c(N2CC(C)(C)N[C@@H]3CCCC[C@@H]32)cc1C. The maximum absolute atomic E-state index is 15.0. The number of anilines is 1. The molecular formula is C21H29F3N2O3. The molecule has 0 spiro atoms. The third-order valence-electron chi connectivity index (χ3n) is 5.58. The fraction of sp³-hybridized carbons (Fsp3) is 0.667. The predicted octanol–water partition coefficient (Wildman–Crippen LogP) is 4.17. The Labute approximate surface area is 169 Å². The lowest BCUT2D eigenvalue weighted by Gasteiger charge is -2.52. The van der Waals surface area contributed by atoms with Crippen molar-refractivity contribution in [1.82, 2.24) is 5.32 Å². The first kappa shape index (κ1) is 21.7. The number of benzene rings is 1. The Balaban J connectivity index is 1.89. The Morgan fingerprint density at radius 3 is 2.69 bits per heavy atom. The standard InChI is InChI=1S/C21H29F3N2O3/c1-5-28-19(27)21(23,24)29-18-11-14(22)17(10-13(18)2)26-12-20(3,4)25-15-8-6-7-9-16(15)26/h10-11,15-16,25H,5-9,12H2,1-4H3/t15-,16+/m1/s1. The maximum atomic E-state index is 15.0. The highest BCUT2D eigenvalue weighted by Gasteiger charge is 2.45. The third kappa shape index (κ3) is 4.63. The molecule has 5 nitrogen and oxygen atoms in total. The van der Waals surface area contributed by atoms with Crippen molar-refractivity contribution in [3.8, 4) is 5.75 Å². The van der Waals surface area contributed by atoms with Crippen molar-refractivity contribution in [1.29, 1.82) is 0 Å². The number of esters is 1. The van der Waals surface area contributed by atoms with E-state index in [1.165, 1.54) is 13.0 Å². The average Bonchev–Trinajstić information content (AvgIpc) is 2.63. The number of nitrogens with one attached hydrogen (secondary N) is 1. The van der Waals surface area contributed by atoms with Gasteiger partial charge in [0.1, 0.15) is 11.6 Å². The lowest BCUT2D eigenvalue weighted by molar-refractivity contribution is -0.216. The summed E-state index contributed by atoms with van der Waals surface area (Å²) in [6.45, 7) is 7.53. The van der Waals surface area contributed by atoms with Crippen LogP contribution >= 0.6 is 0 Å². The van der Waals surface area contributed by atoms with Gasteiger partial charge in [0, 0.05) is 30.2 Å². The van der Waals surface area contributed by atoms with Gasteiger partial charge in [0.25, 0.3) is 0 Å². The van der Waals surface area contributed by atoms with Gasteiger partial charge in [0.2, 0.25) is 0 Å². The third-order valence-corrected chi connectivity index (χ3v) is 5.58. The number of aryl methyl sites for hydroxylation is 1. The van der Waals surface area contributed by atoms with E-state index in [9.17, 15) is 13.6 Å². The minimum absolute atomic E-state index is 0.151. The molecule has 1 saturated heterocycles. The molecule has 0 radical (unpaired) electrons. The van der Waals surface area contributed by atoms with Gasteiger partial charge in [-0.3, -0.25) is 0 Å². The summed E-state index contributed by atoms with van der Waals surface area (Å²) in [5, 5.41) is 3.66. The number of hydrogen-bond donors (Lipinski definition) is 1. The van der Waals surface area contributed by atoms with E-state index in [0.717, 1.165) is 31.7 Å². The second kappa shape index (κ2) is 8.05. The molecule has 1 heterocycles. The summed E-state index contributed by atoms with van der Waals surface area (Å²) in [6, 6.07) is 2.87. The number of piperazine rings is 1. The van der Waals surface area contributed by atoms with Crippen LogP contribution in [0.1, 0.15) is 52.0 Å². The highest BCUT2D eigenvalue weighted by molar-refractivity contribution is 5.76. The second-order valence-electron chi connectivity index (χ2n) is 8.52. The molecule has 29 heavy (non-hydrogen) atoms. The summed E-state index contributed by atoms with van der Waals surface area (Å²) >= 11 is 0. The molecule has 2 aliphatic rings. The van der Waals surface area contributed by atoms with Crippen molar-refractivity contribution < 1.29 is 27.4 Å². The van der Waals surface area contributed by atoms with Gasteiger partial charge >= 0.3 is 12.1 Å². The first-order valence-corrected chi connectivity index (χ1v) is 10.1. The van der Waals surface area contributed by atoms with Crippen molar-refractivity contribution in [2.75, 3.05) is 18.1 Å². The Morgan fingerprint density at radius 1 is 1.31 bits per heavy atom. The van der Waals surface area contributed by atoms with Gasteiger partial charge in [0.15, 0.2) is 0 Å². The highest BCUT2D eigenvalue weighted by atomic mass is 19.3. The number of carbonyl (C=O) groups excluding carboxylic acids is 1. The summed E-state index contributed by atoms with van der Waals surface area (Å²) in [7, 11) is 0. The van der Waals surface area contributed by atoms with E-state index in [0.29, 0.717) is 17.8 Å². The van der Waals surface area contributed by atoms with Crippen LogP contribution in [0.3, 0.4) is 0 Å². The fourth-order valence-corrected chi connectivity index (χ4v) is 4.38. The van der Waals surface area contributed by atoms with Crippen LogP contribution in [-0.2, 0) is 9.53 Å². The monoisotopic (exact) mass is 414 g/mol. The first-order valence-electron chi connectivity index (χ1n) is 10.1. The lowest BCUT2D eigenvalue weighted by Crippen LogP contribution is -2.67. The first-order chi connectivity index (χ1) is 13.5. The average molecular weight is 414 g/mol. The minimum atomic E-state index is -4.18. The quantitative estimate of drug-likeness (QED) is 0.733. The summed E-state index contributed by atoms with van der Waals surface area (Å²) < 4.78 is 51.8. The van der Waals surface area contributed by atoms with Gasteiger partial charge < -0.3 is 19.7 Å². The fourth-order valence-electron chi connectivity index (χ4n) is 4.38. The molecule has 0 aromatic heterocycles. The van der Waals surface area contributed by atoms with Crippen molar-refractivity contribution >= 4 is 11.7 Å². The molecular weight excluding hydrogens is 385 g/mol. The summed E-state index contributed by atoms with van der Waals surface area (Å²) in [4.78, 5) is 13.5. The van der Waals surface area contributed by atoms with Crippen LogP contribution in [-0.4, -0.2) is 42.9 Å². The van der Waals surface area contributed by atoms with E-state index in [2.05, 4.69) is 33.5 Å². The van der Waals surface area contributed by atoms with E-state index in [1.54, 1.807) is 6.92 Å². The number of hydrogen-bond acceptors (Lipinski definition) is 5. The van der Waals surface area contributed by atoms with Gasteiger partial charge in [-0.15, -0.1) is 0 Å². The molecule has 3 rings (SSSR count). The zero-order chi connectivity index (χ0) is 21.4. The number of halogens is 3. The van der Waals surface area contributed by atoms with Gasteiger partial charge in [-0.2, -0.15) is 8.78 Å². The number of rotatable bonds is 5. The number of carbonyl (C=O) groups is 1. The lowest BCUT2D eigenvalue weighted by atomic mass is 9.83. The maximum Gasteiger partial charge on any atom is 0.502 e. The summed E-state index contributed by atoms with van der Waals surface area (Å²) in [6.07, 6.45) is 0.00640. The van der Waals surface area contributed by atoms with Crippen LogP contribution in [0, 0.1) is 12.7 Å². The van der Waals surface area contributed by atoms with Crippen LogP contribution in [0.15, 0.2) is 12.1 Å². The van der Waals surface area contributed by atoms with Crippen molar-refractivity contribution in [3.63, 3.8) is 0 Å². The molecule has 0 bridgehead atoms. The Morgan fingerprint density at radius 2 is 2.00 bits per heavy atom. The summed E-state index contributed by atoms with van der Waals surface area (Å²) in [5.74, 6) is -2.82. The minimum Gasteiger partial charge on any atom is -0.459 e. The number of nitrogens with zero attached hydrogens (tertiary/aromatic N) is 1. The molecule has 2 fully saturated rings. The zero-order valence-electron chi connectivity index (χ0n) is 17.4. The molecule has 162 valence electrons. The molecule has 1 saturated carbocycles. The van der Waals surface area contributed by atoms with Crippen molar-refractivity contribution in [2.24, 2.45) is 0 Å². The van der Waals surface area contributed by atoms with E-state index >= 15 is 4.39 Å². The van der Waals surface area contributed by atoms with Crippen LogP contribution in [0.25, 0.3) is 0 Å². The van der Waals surface area contributed by atoms with Crippen LogP contribution < -0.4 is 15.0 Å². The van der Waals surface area contributed by atoms with Crippen molar-refractivity contribution in [2.45, 2.75) is 77.1 Å². The van der Waals surface area contributed by atoms with Crippen LogP contribution in [0.2, 0.25) is 0 Å². The van der Waals surface area contributed by atoms with Crippen LogP contribution in [0.5, 0.6) is 5.75 Å². The normalized spacial score (nSPS) is 24.0. The topological polar surface area (TPSA) is 50.8 Å². The number of fused-ring (bicyclic) bond motifs is 1. The number of alkyl halides is 2. The summed E-state index contributed by atoms with van der Waals surface area (Å²) in [5.41, 5.74) is 0.500. The van der Waals surface area contributed by atoms with Crippen LogP contribution in [0.4, 0.5) is 18.9 Å². The largest absolute Gasteiger partial charge is 0.502 e. The molecule has 1 aliphatic heterocycles. The van der Waals surface area contributed by atoms with Gasteiger partial charge in [-0.25, -0.2) is 9.18 Å².